The molecular formula is C17H20BrNO2. The van der Waals surface area contributed by atoms with E-state index in [1.54, 1.807) is 14.2 Å². The molecular weight excluding hydrogens is 330 g/mol. The molecule has 0 amide bonds. The molecule has 0 bridgehead atoms. The van der Waals surface area contributed by atoms with Crippen molar-refractivity contribution in [2.24, 2.45) is 0 Å². The molecule has 0 aliphatic carbocycles. The maximum absolute atomic E-state index is 5.52. The standard InChI is InChI=1S/C17H20BrNO2/c1-11-9-13(20-3)6-8-14(11)17(19-2)15-7-5-12(18)10-16(15)21-4/h5-10,17,19H,1-4H3. The third kappa shape index (κ3) is 3.39. The van der Waals surface area contributed by atoms with Gasteiger partial charge in [-0.05, 0) is 49.4 Å². The fourth-order valence-corrected chi connectivity index (χ4v) is 2.84. The number of nitrogens with one attached hydrogen (secondary N) is 1. The van der Waals surface area contributed by atoms with E-state index in [4.69, 9.17) is 9.47 Å². The van der Waals surface area contributed by atoms with Gasteiger partial charge in [-0.3, -0.25) is 0 Å². The molecule has 0 heterocycles. The normalized spacial score (nSPS) is 12.0. The Kier molecular flexibility index (Phi) is 5.26. The number of aryl methyl sites for hydroxylation is 1. The third-order valence-corrected chi connectivity index (χ3v) is 4.08. The summed E-state index contributed by atoms with van der Waals surface area (Å²) in [7, 11) is 5.33. The van der Waals surface area contributed by atoms with Gasteiger partial charge in [-0.15, -0.1) is 0 Å². The van der Waals surface area contributed by atoms with Crippen molar-refractivity contribution in [3.8, 4) is 11.5 Å². The first-order valence-electron chi connectivity index (χ1n) is 6.76. The highest BCUT2D eigenvalue weighted by molar-refractivity contribution is 9.10. The van der Waals surface area contributed by atoms with Crippen molar-refractivity contribution < 1.29 is 9.47 Å². The van der Waals surface area contributed by atoms with Crippen LogP contribution in [0.3, 0.4) is 0 Å². The highest BCUT2D eigenvalue weighted by Gasteiger charge is 2.18. The minimum Gasteiger partial charge on any atom is -0.497 e. The van der Waals surface area contributed by atoms with Crippen molar-refractivity contribution >= 4 is 15.9 Å². The lowest BCUT2D eigenvalue weighted by Crippen LogP contribution is -2.19. The van der Waals surface area contributed by atoms with E-state index in [-0.39, 0.29) is 6.04 Å². The van der Waals surface area contributed by atoms with E-state index in [9.17, 15) is 0 Å². The molecule has 2 rings (SSSR count). The minimum absolute atomic E-state index is 0.0685. The molecule has 112 valence electrons. The summed E-state index contributed by atoms with van der Waals surface area (Å²) in [6.45, 7) is 2.09. The molecule has 0 aliphatic rings. The zero-order valence-electron chi connectivity index (χ0n) is 12.7. The van der Waals surface area contributed by atoms with Crippen LogP contribution in [0.4, 0.5) is 0 Å². The molecule has 0 fully saturated rings. The summed E-state index contributed by atoms with van der Waals surface area (Å²) in [6.07, 6.45) is 0. The van der Waals surface area contributed by atoms with Crippen LogP contribution in [0.1, 0.15) is 22.7 Å². The molecule has 3 nitrogen and oxygen atoms in total. The Morgan fingerprint density at radius 2 is 1.71 bits per heavy atom. The molecule has 1 unspecified atom stereocenters. The first-order chi connectivity index (χ1) is 10.1. The molecule has 0 saturated carbocycles. The van der Waals surface area contributed by atoms with Gasteiger partial charge in [-0.1, -0.05) is 28.1 Å². The Morgan fingerprint density at radius 1 is 1.00 bits per heavy atom. The molecule has 1 N–H and O–H groups in total. The van der Waals surface area contributed by atoms with Gasteiger partial charge in [0.15, 0.2) is 0 Å². The number of hydrogen-bond donors (Lipinski definition) is 1. The van der Waals surface area contributed by atoms with E-state index >= 15 is 0 Å². The van der Waals surface area contributed by atoms with Crippen molar-refractivity contribution in [2.45, 2.75) is 13.0 Å². The molecule has 0 aliphatic heterocycles. The topological polar surface area (TPSA) is 30.5 Å². The van der Waals surface area contributed by atoms with Gasteiger partial charge >= 0.3 is 0 Å². The summed E-state index contributed by atoms with van der Waals surface area (Å²) >= 11 is 3.48. The maximum Gasteiger partial charge on any atom is 0.125 e. The number of benzene rings is 2. The maximum atomic E-state index is 5.52. The largest absolute Gasteiger partial charge is 0.497 e. The quantitative estimate of drug-likeness (QED) is 0.881. The van der Waals surface area contributed by atoms with Crippen molar-refractivity contribution in [1.82, 2.24) is 5.32 Å². The summed E-state index contributed by atoms with van der Waals surface area (Å²) < 4.78 is 11.8. The summed E-state index contributed by atoms with van der Waals surface area (Å²) in [5, 5.41) is 3.37. The second kappa shape index (κ2) is 6.96. The van der Waals surface area contributed by atoms with Crippen LogP contribution in [-0.4, -0.2) is 21.3 Å². The lowest BCUT2D eigenvalue weighted by Gasteiger charge is -2.22. The summed E-state index contributed by atoms with van der Waals surface area (Å²) in [6, 6.07) is 12.3. The highest BCUT2D eigenvalue weighted by atomic mass is 79.9. The van der Waals surface area contributed by atoms with Gasteiger partial charge in [-0.2, -0.15) is 0 Å². The van der Waals surface area contributed by atoms with E-state index in [2.05, 4.69) is 40.3 Å². The van der Waals surface area contributed by atoms with Gasteiger partial charge in [0.05, 0.1) is 20.3 Å². The van der Waals surface area contributed by atoms with Crippen LogP contribution >= 0.6 is 15.9 Å². The molecule has 2 aromatic carbocycles. The van der Waals surface area contributed by atoms with Gasteiger partial charge in [0.1, 0.15) is 11.5 Å². The number of hydrogen-bond acceptors (Lipinski definition) is 3. The first-order valence-corrected chi connectivity index (χ1v) is 7.55. The van der Waals surface area contributed by atoms with E-state index in [0.717, 1.165) is 21.5 Å². The van der Waals surface area contributed by atoms with E-state index in [1.807, 2.05) is 31.3 Å². The number of methoxy groups -OCH3 is 2. The van der Waals surface area contributed by atoms with Crippen molar-refractivity contribution in [1.29, 1.82) is 0 Å². The highest BCUT2D eigenvalue weighted by Crippen LogP contribution is 2.34. The SMILES string of the molecule is CNC(c1ccc(OC)cc1C)c1ccc(Br)cc1OC. The van der Waals surface area contributed by atoms with Gasteiger partial charge in [0, 0.05) is 10.0 Å². The van der Waals surface area contributed by atoms with Crippen LogP contribution in [0, 0.1) is 6.92 Å². The smallest absolute Gasteiger partial charge is 0.125 e. The molecule has 0 radical (unpaired) electrons. The zero-order valence-corrected chi connectivity index (χ0v) is 14.3. The third-order valence-electron chi connectivity index (χ3n) is 3.58. The Bertz CT molecular complexity index is 628. The number of halogens is 1. The second-order valence-corrected chi connectivity index (χ2v) is 5.75. The Morgan fingerprint density at radius 3 is 2.29 bits per heavy atom. The monoisotopic (exact) mass is 349 g/mol. The number of rotatable bonds is 5. The lowest BCUT2D eigenvalue weighted by atomic mass is 9.94. The lowest BCUT2D eigenvalue weighted by molar-refractivity contribution is 0.404. The zero-order chi connectivity index (χ0) is 15.4. The predicted molar refractivity (Wildman–Crippen MR) is 89.3 cm³/mol. The van der Waals surface area contributed by atoms with Crippen molar-refractivity contribution in [3.05, 3.63) is 57.6 Å². The molecule has 0 saturated heterocycles. The van der Waals surface area contributed by atoms with Crippen LogP contribution in [0.2, 0.25) is 0 Å². The minimum atomic E-state index is 0.0685. The molecule has 0 spiro atoms. The van der Waals surface area contributed by atoms with E-state index in [0.29, 0.717) is 0 Å². The van der Waals surface area contributed by atoms with Gasteiger partial charge < -0.3 is 14.8 Å². The number of ether oxygens (including phenoxy) is 2. The Balaban J connectivity index is 2.49. The fourth-order valence-electron chi connectivity index (χ4n) is 2.50. The Hall–Kier alpha value is -1.52. The molecule has 2 aromatic rings. The summed E-state index contributed by atoms with van der Waals surface area (Å²) in [5.74, 6) is 1.73. The van der Waals surface area contributed by atoms with Crippen molar-refractivity contribution in [2.75, 3.05) is 21.3 Å². The van der Waals surface area contributed by atoms with Crippen LogP contribution in [0.15, 0.2) is 40.9 Å². The van der Waals surface area contributed by atoms with E-state index < -0.39 is 0 Å². The van der Waals surface area contributed by atoms with Crippen molar-refractivity contribution in [3.63, 3.8) is 0 Å². The average molecular weight is 350 g/mol. The van der Waals surface area contributed by atoms with Crippen LogP contribution in [0.5, 0.6) is 11.5 Å². The van der Waals surface area contributed by atoms with Gasteiger partial charge in [0.25, 0.3) is 0 Å². The molecule has 0 aromatic heterocycles. The van der Waals surface area contributed by atoms with Crippen LogP contribution < -0.4 is 14.8 Å². The second-order valence-electron chi connectivity index (χ2n) is 4.83. The van der Waals surface area contributed by atoms with Crippen LogP contribution in [-0.2, 0) is 0 Å². The molecule has 21 heavy (non-hydrogen) atoms. The van der Waals surface area contributed by atoms with Crippen LogP contribution in [0.25, 0.3) is 0 Å². The molecule has 1 atom stereocenters. The van der Waals surface area contributed by atoms with Gasteiger partial charge in [0.2, 0.25) is 0 Å². The average Bonchev–Trinajstić information content (AvgIpc) is 2.50. The predicted octanol–water partition coefficient (Wildman–Crippen LogP) is 4.08. The summed E-state index contributed by atoms with van der Waals surface area (Å²) in [4.78, 5) is 0. The Labute approximate surface area is 134 Å². The fraction of sp³-hybridized carbons (Fsp3) is 0.294. The first kappa shape index (κ1) is 15.9. The van der Waals surface area contributed by atoms with E-state index in [1.165, 1.54) is 11.1 Å². The summed E-state index contributed by atoms with van der Waals surface area (Å²) in [5.41, 5.74) is 3.49. The molecule has 4 heteroatoms. The van der Waals surface area contributed by atoms with Gasteiger partial charge in [-0.25, -0.2) is 0 Å².